The molecular weight excluding hydrogens is 304 g/mol. The van der Waals surface area contributed by atoms with Crippen molar-refractivity contribution < 1.29 is 20.4 Å². The Bertz CT molecular complexity index is 482. The van der Waals surface area contributed by atoms with Crippen LogP contribution in [0, 0.1) is 22.7 Å². The Labute approximate surface area is 146 Å². The Hall–Kier alpha value is -0.420. The molecule has 0 spiro atoms. The number of allylic oxidation sites excluding steroid dienone is 2. The molecule has 2 rings (SSSR count). The van der Waals surface area contributed by atoms with Crippen molar-refractivity contribution in [2.75, 3.05) is 6.61 Å². The Balaban J connectivity index is 2.23. The molecule has 0 amide bonds. The fraction of sp³-hybridized carbons (Fsp3) is 0.900. The fourth-order valence-electron chi connectivity index (χ4n) is 5.39. The van der Waals surface area contributed by atoms with Gasteiger partial charge < -0.3 is 20.4 Å². The molecule has 0 aromatic rings. The second-order valence-corrected chi connectivity index (χ2v) is 9.26. The van der Waals surface area contributed by atoms with Crippen LogP contribution < -0.4 is 0 Å². The fourth-order valence-corrected chi connectivity index (χ4v) is 5.39. The number of hydrogen-bond acceptors (Lipinski definition) is 4. The summed E-state index contributed by atoms with van der Waals surface area (Å²) in [6.45, 7) is 10.0. The molecule has 0 aromatic heterocycles. The van der Waals surface area contributed by atoms with E-state index in [2.05, 4.69) is 33.8 Å². The molecule has 4 N–H and O–H groups in total. The molecule has 4 heteroatoms. The molecule has 2 aliphatic carbocycles. The second-order valence-electron chi connectivity index (χ2n) is 9.26. The lowest BCUT2D eigenvalue weighted by Crippen LogP contribution is -2.54. The van der Waals surface area contributed by atoms with Gasteiger partial charge >= 0.3 is 0 Å². The van der Waals surface area contributed by atoms with Crippen molar-refractivity contribution in [2.45, 2.75) is 84.5 Å². The van der Waals surface area contributed by atoms with Crippen LogP contribution in [-0.2, 0) is 0 Å². The first kappa shape index (κ1) is 19.9. The Morgan fingerprint density at radius 3 is 2.54 bits per heavy atom. The Morgan fingerprint density at radius 1 is 1.33 bits per heavy atom. The summed E-state index contributed by atoms with van der Waals surface area (Å²) in [5.41, 5.74) is 0.0645. The highest BCUT2D eigenvalue weighted by molar-refractivity contribution is 5.19. The van der Waals surface area contributed by atoms with E-state index in [-0.39, 0.29) is 16.9 Å². The van der Waals surface area contributed by atoms with Crippen molar-refractivity contribution >= 4 is 0 Å². The minimum Gasteiger partial charge on any atom is -0.394 e. The molecule has 24 heavy (non-hydrogen) atoms. The van der Waals surface area contributed by atoms with Gasteiger partial charge in [0.15, 0.2) is 0 Å². The monoisotopic (exact) mass is 340 g/mol. The normalized spacial score (nSPS) is 39.5. The average molecular weight is 341 g/mol. The third-order valence-corrected chi connectivity index (χ3v) is 7.36. The summed E-state index contributed by atoms with van der Waals surface area (Å²) in [5.74, 6) is 0.746. The Morgan fingerprint density at radius 2 is 1.96 bits per heavy atom. The van der Waals surface area contributed by atoms with Crippen LogP contribution in [0.4, 0.5) is 0 Å². The summed E-state index contributed by atoms with van der Waals surface area (Å²) < 4.78 is 0. The minimum atomic E-state index is -1.28. The van der Waals surface area contributed by atoms with E-state index in [4.69, 9.17) is 5.11 Å². The molecular formula is C20H36O4. The molecule has 140 valence electrons. The highest BCUT2D eigenvalue weighted by atomic mass is 16.4. The lowest BCUT2D eigenvalue weighted by Gasteiger charge is -2.58. The first-order valence-corrected chi connectivity index (χ1v) is 9.33. The minimum absolute atomic E-state index is 0.0990. The number of aliphatic hydroxyl groups is 4. The molecule has 4 nitrogen and oxygen atoms in total. The number of hydrogen-bond donors (Lipinski definition) is 4. The van der Waals surface area contributed by atoms with Crippen molar-refractivity contribution in [3.63, 3.8) is 0 Å². The molecule has 0 bridgehead atoms. The van der Waals surface area contributed by atoms with Crippen LogP contribution >= 0.6 is 0 Å². The van der Waals surface area contributed by atoms with Gasteiger partial charge in [0, 0.05) is 0 Å². The molecule has 6 atom stereocenters. The van der Waals surface area contributed by atoms with Gasteiger partial charge in [0.05, 0.1) is 18.3 Å². The van der Waals surface area contributed by atoms with Gasteiger partial charge in [-0.25, -0.2) is 0 Å². The van der Waals surface area contributed by atoms with Crippen LogP contribution in [0.3, 0.4) is 0 Å². The SMILES string of the molecule is CC1=CC[C@H]2C(C)(C)[C@H](O)CC[C@]2(C)[C@H]1CC[C@@](C)(O)[C@H](O)CO. The molecule has 2 aliphatic rings. The van der Waals surface area contributed by atoms with Crippen LogP contribution in [0.2, 0.25) is 0 Å². The molecule has 0 heterocycles. The third kappa shape index (κ3) is 3.31. The number of fused-ring (bicyclic) bond motifs is 1. The smallest absolute Gasteiger partial charge is 0.105 e. The first-order valence-electron chi connectivity index (χ1n) is 9.33. The molecule has 0 unspecified atom stereocenters. The van der Waals surface area contributed by atoms with Gasteiger partial charge in [0.25, 0.3) is 0 Å². The summed E-state index contributed by atoms with van der Waals surface area (Å²) in [5, 5.41) is 39.9. The maximum atomic E-state index is 10.5. The molecule has 1 saturated carbocycles. The predicted octanol–water partition coefficient (Wildman–Crippen LogP) is 2.64. The molecule has 0 saturated heterocycles. The quantitative estimate of drug-likeness (QED) is 0.580. The highest BCUT2D eigenvalue weighted by Gasteiger charge is 2.55. The standard InChI is InChI=1S/C20H36O4/c1-13-6-7-15-18(2,3)16(22)9-10-19(15,4)14(13)8-11-20(5,24)17(23)12-21/h6,14-17,21-24H,7-12H2,1-5H3/t14-,15-,16+,17+,19+,20+/m0/s1. The van der Waals surface area contributed by atoms with E-state index in [1.165, 1.54) is 5.57 Å². The van der Waals surface area contributed by atoms with E-state index in [0.717, 1.165) is 25.7 Å². The zero-order valence-electron chi connectivity index (χ0n) is 15.9. The maximum Gasteiger partial charge on any atom is 0.105 e. The van der Waals surface area contributed by atoms with Gasteiger partial charge in [0.1, 0.15) is 6.10 Å². The molecule has 1 fully saturated rings. The summed E-state index contributed by atoms with van der Waals surface area (Å²) >= 11 is 0. The van der Waals surface area contributed by atoms with Crippen LogP contribution in [0.15, 0.2) is 11.6 Å². The topological polar surface area (TPSA) is 80.9 Å². The Kier molecular flexibility index (Phi) is 5.57. The van der Waals surface area contributed by atoms with E-state index >= 15 is 0 Å². The van der Waals surface area contributed by atoms with Gasteiger partial charge in [0.2, 0.25) is 0 Å². The van der Waals surface area contributed by atoms with Gasteiger partial charge in [-0.2, -0.15) is 0 Å². The van der Waals surface area contributed by atoms with Crippen molar-refractivity contribution in [3.05, 3.63) is 11.6 Å². The van der Waals surface area contributed by atoms with Crippen LogP contribution in [0.25, 0.3) is 0 Å². The van der Waals surface area contributed by atoms with Gasteiger partial charge in [-0.05, 0) is 68.6 Å². The third-order valence-electron chi connectivity index (χ3n) is 7.36. The predicted molar refractivity (Wildman–Crippen MR) is 95.4 cm³/mol. The van der Waals surface area contributed by atoms with Crippen molar-refractivity contribution in [3.8, 4) is 0 Å². The second kappa shape index (κ2) is 6.71. The van der Waals surface area contributed by atoms with E-state index in [1.54, 1.807) is 6.92 Å². The van der Waals surface area contributed by atoms with E-state index in [9.17, 15) is 15.3 Å². The lowest BCUT2D eigenvalue weighted by atomic mass is 9.47. The van der Waals surface area contributed by atoms with Crippen LogP contribution in [0.5, 0.6) is 0 Å². The summed E-state index contributed by atoms with van der Waals surface area (Å²) in [6, 6.07) is 0. The average Bonchev–Trinajstić information content (AvgIpc) is 2.49. The van der Waals surface area contributed by atoms with Gasteiger partial charge in [-0.1, -0.05) is 32.4 Å². The van der Waals surface area contributed by atoms with Crippen molar-refractivity contribution in [2.24, 2.45) is 22.7 Å². The van der Waals surface area contributed by atoms with Gasteiger partial charge in [-0.3, -0.25) is 0 Å². The van der Waals surface area contributed by atoms with Crippen molar-refractivity contribution in [1.29, 1.82) is 0 Å². The van der Waals surface area contributed by atoms with E-state index in [0.29, 0.717) is 18.3 Å². The van der Waals surface area contributed by atoms with Crippen LogP contribution in [-0.4, -0.2) is 44.8 Å². The summed E-state index contributed by atoms with van der Waals surface area (Å²) in [4.78, 5) is 0. The summed E-state index contributed by atoms with van der Waals surface area (Å²) in [7, 11) is 0. The maximum absolute atomic E-state index is 10.5. The lowest BCUT2D eigenvalue weighted by molar-refractivity contribution is -0.124. The van der Waals surface area contributed by atoms with Crippen molar-refractivity contribution in [1.82, 2.24) is 0 Å². The molecule has 0 radical (unpaired) electrons. The largest absolute Gasteiger partial charge is 0.394 e. The van der Waals surface area contributed by atoms with E-state index < -0.39 is 18.3 Å². The molecule has 0 aromatic carbocycles. The van der Waals surface area contributed by atoms with Gasteiger partial charge in [-0.15, -0.1) is 0 Å². The number of rotatable bonds is 5. The zero-order chi connectivity index (χ0) is 18.3. The number of aliphatic hydroxyl groups excluding tert-OH is 3. The van der Waals surface area contributed by atoms with Crippen LogP contribution in [0.1, 0.15) is 66.7 Å². The zero-order valence-corrected chi connectivity index (χ0v) is 15.9. The highest BCUT2D eigenvalue weighted by Crippen LogP contribution is 2.60. The first-order chi connectivity index (χ1) is 11.0. The molecule has 0 aliphatic heterocycles. The van der Waals surface area contributed by atoms with E-state index in [1.807, 2.05) is 0 Å². The summed E-state index contributed by atoms with van der Waals surface area (Å²) in [6.07, 6.45) is 4.97.